The number of halogens is 1. The molecule has 7 heteroatoms. The molecule has 0 aromatic heterocycles. The first kappa shape index (κ1) is 22.0. The maximum atomic E-state index is 15.0. The lowest BCUT2D eigenvalue weighted by Gasteiger charge is -2.38. The van der Waals surface area contributed by atoms with E-state index in [0.717, 1.165) is 11.6 Å². The molecule has 3 aromatic carbocycles. The Labute approximate surface area is 186 Å². The predicted molar refractivity (Wildman–Crippen MR) is 121 cm³/mol. The first-order valence-corrected chi connectivity index (χ1v) is 10.5. The monoisotopic (exact) mass is 436 g/mol. The van der Waals surface area contributed by atoms with Crippen LogP contribution in [-0.2, 0) is 22.6 Å². The molecule has 1 saturated heterocycles. The van der Waals surface area contributed by atoms with Crippen molar-refractivity contribution in [2.24, 2.45) is 0 Å². The Morgan fingerprint density at radius 2 is 1.59 bits per heavy atom. The van der Waals surface area contributed by atoms with Crippen LogP contribution < -0.4 is 9.55 Å². The van der Waals surface area contributed by atoms with Crippen molar-refractivity contribution in [3.05, 3.63) is 101 Å². The second kappa shape index (κ2) is 9.91. The van der Waals surface area contributed by atoms with E-state index >= 15 is 4.39 Å². The number of quaternary nitrogens is 1. The number of amides is 1. The SMILES string of the molecule is O=C(OCc1ccccc1)[N+]([O-])(Cc1ccccc1)c1ccc(N2CCOCC2)c(F)c1. The molecule has 1 heterocycles. The highest BCUT2D eigenvalue weighted by molar-refractivity contribution is 5.83. The lowest BCUT2D eigenvalue weighted by Crippen LogP contribution is -2.48. The highest BCUT2D eigenvalue weighted by Crippen LogP contribution is 2.32. The molecule has 0 bridgehead atoms. The Balaban J connectivity index is 1.62. The summed E-state index contributed by atoms with van der Waals surface area (Å²) in [5, 5.41) is 13.9. The number of hydrogen-bond acceptors (Lipinski definition) is 5. The van der Waals surface area contributed by atoms with Crippen molar-refractivity contribution >= 4 is 17.5 Å². The van der Waals surface area contributed by atoms with Crippen molar-refractivity contribution in [1.82, 2.24) is 4.65 Å². The summed E-state index contributed by atoms with van der Waals surface area (Å²) in [4.78, 5) is 14.9. The number of morpholine rings is 1. The lowest BCUT2D eigenvalue weighted by atomic mass is 10.1. The standard InChI is InChI=1S/C25H25FN2O4/c26-23-17-22(11-12-24(23)27-13-15-31-16-14-27)28(30,18-20-7-3-1-4-8-20)25(29)32-19-21-9-5-2-6-10-21/h1-12,17H,13-16,18-19H2. The number of anilines is 1. The smallest absolute Gasteiger partial charge is 0.521 e. The van der Waals surface area contributed by atoms with Gasteiger partial charge in [0.1, 0.15) is 18.8 Å². The quantitative estimate of drug-likeness (QED) is 0.402. The van der Waals surface area contributed by atoms with Gasteiger partial charge in [-0.15, -0.1) is 0 Å². The average molecular weight is 436 g/mol. The Kier molecular flexibility index (Phi) is 6.80. The minimum absolute atomic E-state index is 0.0126. The van der Waals surface area contributed by atoms with Crippen molar-refractivity contribution < 1.29 is 18.7 Å². The van der Waals surface area contributed by atoms with Gasteiger partial charge in [-0.05, 0) is 11.6 Å². The van der Waals surface area contributed by atoms with Gasteiger partial charge in [0.25, 0.3) is 0 Å². The van der Waals surface area contributed by atoms with Crippen molar-refractivity contribution in [2.45, 2.75) is 13.2 Å². The molecular formula is C25H25FN2O4. The van der Waals surface area contributed by atoms with Crippen molar-refractivity contribution in [3.63, 3.8) is 0 Å². The van der Waals surface area contributed by atoms with E-state index in [2.05, 4.69) is 0 Å². The van der Waals surface area contributed by atoms with Crippen LogP contribution in [0.25, 0.3) is 0 Å². The molecule has 3 aromatic rings. The molecule has 0 saturated carbocycles. The third kappa shape index (κ3) is 4.96. The van der Waals surface area contributed by atoms with Crippen LogP contribution in [0.2, 0.25) is 0 Å². The summed E-state index contributed by atoms with van der Waals surface area (Å²) in [6.07, 6.45) is -0.990. The van der Waals surface area contributed by atoms with Crippen molar-refractivity contribution in [3.8, 4) is 0 Å². The molecule has 0 spiro atoms. The van der Waals surface area contributed by atoms with Gasteiger partial charge in [0.05, 0.1) is 18.9 Å². The maximum Gasteiger partial charge on any atom is 0.521 e. The van der Waals surface area contributed by atoms with Gasteiger partial charge in [0.2, 0.25) is 0 Å². The third-order valence-electron chi connectivity index (χ3n) is 5.45. The molecule has 1 fully saturated rings. The highest BCUT2D eigenvalue weighted by atomic mass is 19.1. The Morgan fingerprint density at radius 3 is 2.22 bits per heavy atom. The summed E-state index contributed by atoms with van der Waals surface area (Å²) in [6, 6.07) is 22.2. The fraction of sp³-hybridized carbons (Fsp3) is 0.240. The second-order valence-electron chi connectivity index (χ2n) is 7.66. The number of hydroxylamine groups is 2. The summed E-state index contributed by atoms with van der Waals surface area (Å²) in [6.45, 7) is 1.93. The molecule has 32 heavy (non-hydrogen) atoms. The Hall–Kier alpha value is -3.26. The fourth-order valence-corrected chi connectivity index (χ4v) is 3.71. The topological polar surface area (TPSA) is 61.8 Å². The van der Waals surface area contributed by atoms with Crippen LogP contribution in [0.4, 0.5) is 20.6 Å². The van der Waals surface area contributed by atoms with Gasteiger partial charge in [0, 0.05) is 30.8 Å². The van der Waals surface area contributed by atoms with Gasteiger partial charge in [0.15, 0.2) is 5.82 Å². The minimum Gasteiger partial charge on any atom is -0.617 e. The van der Waals surface area contributed by atoms with Gasteiger partial charge in [-0.1, -0.05) is 60.7 Å². The zero-order valence-corrected chi connectivity index (χ0v) is 17.7. The summed E-state index contributed by atoms with van der Waals surface area (Å²) in [7, 11) is 0. The van der Waals surface area contributed by atoms with E-state index in [0.29, 0.717) is 37.6 Å². The van der Waals surface area contributed by atoms with E-state index in [1.54, 1.807) is 42.5 Å². The Morgan fingerprint density at radius 1 is 0.969 bits per heavy atom. The fourth-order valence-electron chi connectivity index (χ4n) is 3.71. The zero-order valence-electron chi connectivity index (χ0n) is 17.7. The van der Waals surface area contributed by atoms with E-state index in [1.807, 2.05) is 29.2 Å². The Bertz CT molecular complexity index is 1040. The summed E-state index contributed by atoms with van der Waals surface area (Å²) >= 11 is 0. The molecule has 166 valence electrons. The number of nitrogens with zero attached hydrogens (tertiary/aromatic N) is 2. The molecule has 0 radical (unpaired) electrons. The molecule has 1 aliphatic heterocycles. The van der Waals surface area contributed by atoms with Crippen LogP contribution >= 0.6 is 0 Å². The predicted octanol–water partition coefficient (Wildman–Crippen LogP) is 5.00. The van der Waals surface area contributed by atoms with E-state index in [1.165, 1.54) is 6.07 Å². The van der Waals surface area contributed by atoms with Gasteiger partial charge in [-0.3, -0.25) is 0 Å². The van der Waals surface area contributed by atoms with Gasteiger partial charge in [-0.25, -0.2) is 9.04 Å². The molecule has 6 nitrogen and oxygen atoms in total. The molecule has 1 unspecified atom stereocenters. The van der Waals surface area contributed by atoms with Crippen LogP contribution in [0.15, 0.2) is 78.9 Å². The van der Waals surface area contributed by atoms with Gasteiger partial charge < -0.3 is 19.6 Å². The number of carbonyl (C=O) groups excluding carboxylic acids is 1. The highest BCUT2D eigenvalue weighted by Gasteiger charge is 2.34. The number of ether oxygens (including phenoxy) is 2. The first-order valence-electron chi connectivity index (χ1n) is 10.5. The van der Waals surface area contributed by atoms with Crippen molar-refractivity contribution in [2.75, 3.05) is 31.2 Å². The molecule has 1 amide bonds. The zero-order chi connectivity index (χ0) is 22.4. The average Bonchev–Trinajstić information content (AvgIpc) is 2.84. The summed E-state index contributed by atoms with van der Waals surface area (Å²) < 4.78 is 24.3. The summed E-state index contributed by atoms with van der Waals surface area (Å²) in [5.74, 6) is -0.549. The lowest BCUT2D eigenvalue weighted by molar-refractivity contribution is 0.109. The van der Waals surface area contributed by atoms with Crippen LogP contribution in [0.3, 0.4) is 0 Å². The number of hydrogen-bond donors (Lipinski definition) is 0. The molecular weight excluding hydrogens is 411 g/mol. The normalized spacial score (nSPS) is 15.8. The minimum atomic E-state index is -1.45. The van der Waals surface area contributed by atoms with Gasteiger partial charge in [-0.2, -0.15) is 4.79 Å². The molecule has 4 rings (SSSR count). The third-order valence-corrected chi connectivity index (χ3v) is 5.45. The van der Waals surface area contributed by atoms with E-state index < -0.39 is 16.6 Å². The van der Waals surface area contributed by atoms with Crippen LogP contribution in [0.1, 0.15) is 11.1 Å². The number of rotatable bonds is 6. The van der Waals surface area contributed by atoms with E-state index in [9.17, 15) is 10.0 Å². The number of benzene rings is 3. The van der Waals surface area contributed by atoms with Gasteiger partial charge >= 0.3 is 6.09 Å². The molecule has 1 aliphatic rings. The van der Waals surface area contributed by atoms with E-state index in [4.69, 9.17) is 9.47 Å². The largest absolute Gasteiger partial charge is 0.617 e. The summed E-state index contributed by atoms with van der Waals surface area (Å²) in [5.41, 5.74) is 1.79. The van der Waals surface area contributed by atoms with Crippen molar-refractivity contribution in [1.29, 1.82) is 0 Å². The second-order valence-corrected chi connectivity index (χ2v) is 7.66. The first-order chi connectivity index (χ1) is 15.6. The van der Waals surface area contributed by atoms with Crippen LogP contribution in [0.5, 0.6) is 0 Å². The van der Waals surface area contributed by atoms with Crippen LogP contribution in [0, 0.1) is 11.0 Å². The van der Waals surface area contributed by atoms with E-state index in [-0.39, 0.29) is 18.8 Å². The number of carbonyl (C=O) groups is 1. The maximum absolute atomic E-state index is 15.0. The van der Waals surface area contributed by atoms with Crippen LogP contribution in [-0.4, -0.2) is 32.4 Å². The molecule has 0 aliphatic carbocycles. The molecule has 1 atom stereocenters. The molecule has 0 N–H and O–H groups in total.